The zero-order valence-electron chi connectivity index (χ0n) is 8.95. The molecule has 1 aromatic heterocycles. The Labute approximate surface area is 94.0 Å². The number of anilines is 1. The molecule has 0 aliphatic rings. The molecule has 0 radical (unpaired) electrons. The number of aromatic nitrogens is 1. The second-order valence-electron chi connectivity index (χ2n) is 3.43. The summed E-state index contributed by atoms with van der Waals surface area (Å²) in [6, 6.07) is 10.4. The van der Waals surface area contributed by atoms with Crippen LogP contribution in [0.4, 0.5) is 5.13 Å². The topological polar surface area (TPSA) is 24.9 Å². The molecule has 0 saturated carbocycles. The second kappa shape index (κ2) is 4.45. The van der Waals surface area contributed by atoms with Crippen LogP contribution in [-0.4, -0.2) is 12.0 Å². The molecule has 0 spiro atoms. The van der Waals surface area contributed by atoms with Gasteiger partial charge >= 0.3 is 0 Å². The van der Waals surface area contributed by atoms with E-state index in [-0.39, 0.29) is 0 Å². The van der Waals surface area contributed by atoms with Crippen molar-refractivity contribution < 1.29 is 0 Å². The molecule has 1 aromatic carbocycles. The van der Waals surface area contributed by atoms with Crippen LogP contribution in [0, 0.1) is 6.92 Å². The first-order valence-corrected chi connectivity index (χ1v) is 5.79. The highest BCUT2D eigenvalue weighted by atomic mass is 32.1. The van der Waals surface area contributed by atoms with Crippen molar-refractivity contribution in [1.29, 1.82) is 0 Å². The molecule has 0 aliphatic carbocycles. The van der Waals surface area contributed by atoms with E-state index >= 15 is 0 Å². The molecule has 1 heterocycles. The number of hydrogen-bond acceptors (Lipinski definition) is 3. The monoisotopic (exact) mass is 218 g/mol. The third-order valence-electron chi connectivity index (χ3n) is 2.32. The van der Waals surface area contributed by atoms with E-state index in [1.165, 1.54) is 16.1 Å². The average Bonchev–Trinajstić information content (AvgIpc) is 2.61. The highest BCUT2D eigenvalue weighted by molar-refractivity contribution is 7.15. The Bertz CT molecular complexity index is 434. The Morgan fingerprint density at radius 2 is 2.00 bits per heavy atom. The Morgan fingerprint density at radius 3 is 2.60 bits per heavy atom. The van der Waals surface area contributed by atoms with Gasteiger partial charge in [0, 0.05) is 18.3 Å². The lowest BCUT2D eigenvalue weighted by Gasteiger charge is -1.98. The van der Waals surface area contributed by atoms with Gasteiger partial charge in [-0.3, -0.25) is 0 Å². The maximum absolute atomic E-state index is 4.53. The Morgan fingerprint density at radius 1 is 1.27 bits per heavy atom. The van der Waals surface area contributed by atoms with Crippen LogP contribution in [0.15, 0.2) is 30.3 Å². The van der Waals surface area contributed by atoms with Crippen molar-refractivity contribution in [2.75, 3.05) is 12.4 Å². The summed E-state index contributed by atoms with van der Waals surface area (Å²) in [6.07, 6.45) is 0.921. The van der Waals surface area contributed by atoms with Crippen molar-refractivity contribution in [1.82, 2.24) is 4.98 Å². The van der Waals surface area contributed by atoms with Crippen molar-refractivity contribution in [3.8, 4) is 0 Å². The van der Waals surface area contributed by atoms with Gasteiger partial charge < -0.3 is 5.32 Å². The van der Waals surface area contributed by atoms with Crippen LogP contribution in [0.25, 0.3) is 0 Å². The molecule has 0 aliphatic heterocycles. The largest absolute Gasteiger partial charge is 0.365 e. The number of nitrogens with one attached hydrogen (secondary N) is 1. The molecular weight excluding hydrogens is 204 g/mol. The summed E-state index contributed by atoms with van der Waals surface area (Å²) in [5.41, 5.74) is 2.49. The number of nitrogens with zero attached hydrogens (tertiary/aromatic N) is 1. The van der Waals surface area contributed by atoms with Crippen LogP contribution in [0.3, 0.4) is 0 Å². The SMILES string of the molecule is CNc1nc(Cc2ccccc2)c(C)s1. The van der Waals surface area contributed by atoms with Gasteiger partial charge in [-0.2, -0.15) is 0 Å². The van der Waals surface area contributed by atoms with Gasteiger partial charge in [0.25, 0.3) is 0 Å². The molecule has 1 N–H and O–H groups in total. The minimum absolute atomic E-state index is 0.921. The van der Waals surface area contributed by atoms with E-state index in [0.29, 0.717) is 0 Å². The van der Waals surface area contributed by atoms with Crippen molar-refractivity contribution in [2.24, 2.45) is 0 Å². The predicted octanol–water partition coefficient (Wildman–Crippen LogP) is 3.08. The van der Waals surface area contributed by atoms with E-state index in [0.717, 1.165) is 11.6 Å². The van der Waals surface area contributed by atoms with E-state index in [4.69, 9.17) is 0 Å². The maximum atomic E-state index is 4.53. The minimum atomic E-state index is 0.921. The van der Waals surface area contributed by atoms with Crippen molar-refractivity contribution in [2.45, 2.75) is 13.3 Å². The smallest absolute Gasteiger partial charge is 0.182 e. The second-order valence-corrected chi connectivity index (χ2v) is 4.64. The number of thiazole rings is 1. The van der Waals surface area contributed by atoms with Gasteiger partial charge in [0.1, 0.15) is 0 Å². The number of rotatable bonds is 3. The van der Waals surface area contributed by atoms with Crippen molar-refractivity contribution >= 4 is 16.5 Å². The van der Waals surface area contributed by atoms with Gasteiger partial charge in [-0.15, -0.1) is 11.3 Å². The molecule has 2 aromatic rings. The summed E-state index contributed by atoms with van der Waals surface area (Å²) in [6.45, 7) is 2.12. The van der Waals surface area contributed by atoms with Crippen molar-refractivity contribution in [3.63, 3.8) is 0 Å². The maximum Gasteiger partial charge on any atom is 0.182 e. The van der Waals surface area contributed by atoms with E-state index in [2.05, 4.69) is 41.5 Å². The van der Waals surface area contributed by atoms with Crippen LogP contribution in [0.1, 0.15) is 16.1 Å². The molecular formula is C12H14N2S. The summed E-state index contributed by atoms with van der Waals surface area (Å²) in [4.78, 5) is 5.83. The first kappa shape index (κ1) is 10.2. The fraction of sp³-hybridized carbons (Fsp3) is 0.250. The van der Waals surface area contributed by atoms with Crippen LogP contribution in [0.5, 0.6) is 0 Å². The molecule has 2 nitrogen and oxygen atoms in total. The van der Waals surface area contributed by atoms with E-state index < -0.39 is 0 Å². The van der Waals surface area contributed by atoms with Crippen LogP contribution in [0.2, 0.25) is 0 Å². The van der Waals surface area contributed by atoms with E-state index in [1.807, 2.05) is 13.1 Å². The molecule has 0 amide bonds. The highest BCUT2D eigenvalue weighted by Crippen LogP contribution is 2.23. The number of aryl methyl sites for hydroxylation is 1. The Hall–Kier alpha value is -1.35. The van der Waals surface area contributed by atoms with Gasteiger partial charge in [-0.1, -0.05) is 30.3 Å². The predicted molar refractivity (Wildman–Crippen MR) is 65.6 cm³/mol. The average molecular weight is 218 g/mol. The molecule has 3 heteroatoms. The van der Waals surface area contributed by atoms with Gasteiger partial charge in [-0.25, -0.2) is 4.98 Å². The first-order valence-electron chi connectivity index (χ1n) is 4.97. The number of hydrogen-bond donors (Lipinski definition) is 1. The van der Waals surface area contributed by atoms with E-state index in [9.17, 15) is 0 Å². The molecule has 0 atom stereocenters. The molecule has 0 saturated heterocycles. The summed E-state index contributed by atoms with van der Waals surface area (Å²) in [5, 5.41) is 4.08. The zero-order chi connectivity index (χ0) is 10.7. The molecule has 78 valence electrons. The van der Waals surface area contributed by atoms with Crippen LogP contribution >= 0.6 is 11.3 Å². The number of benzene rings is 1. The first-order chi connectivity index (χ1) is 7.29. The molecule has 0 unspecified atom stereocenters. The fourth-order valence-electron chi connectivity index (χ4n) is 1.49. The van der Waals surface area contributed by atoms with Gasteiger partial charge in [0.15, 0.2) is 5.13 Å². The van der Waals surface area contributed by atoms with Gasteiger partial charge in [0.05, 0.1) is 5.69 Å². The standard InChI is InChI=1S/C12H14N2S/c1-9-11(14-12(13-2)15-9)8-10-6-4-3-5-7-10/h3-7H,8H2,1-2H3,(H,13,14). The third-order valence-corrected chi connectivity index (χ3v) is 3.35. The van der Waals surface area contributed by atoms with Crippen LogP contribution in [-0.2, 0) is 6.42 Å². The minimum Gasteiger partial charge on any atom is -0.365 e. The molecule has 2 rings (SSSR count). The van der Waals surface area contributed by atoms with Crippen LogP contribution < -0.4 is 5.32 Å². The quantitative estimate of drug-likeness (QED) is 0.856. The lowest BCUT2D eigenvalue weighted by molar-refractivity contribution is 1.08. The summed E-state index contributed by atoms with van der Waals surface area (Å²) >= 11 is 1.71. The molecule has 0 fully saturated rings. The normalized spacial score (nSPS) is 10.3. The summed E-state index contributed by atoms with van der Waals surface area (Å²) in [5.74, 6) is 0. The Balaban J connectivity index is 2.21. The van der Waals surface area contributed by atoms with Crippen molar-refractivity contribution in [3.05, 3.63) is 46.5 Å². The Kier molecular flexibility index (Phi) is 3.02. The molecule has 15 heavy (non-hydrogen) atoms. The molecule has 0 bridgehead atoms. The fourth-order valence-corrected chi connectivity index (χ4v) is 2.27. The third kappa shape index (κ3) is 2.36. The summed E-state index contributed by atoms with van der Waals surface area (Å²) in [7, 11) is 1.91. The highest BCUT2D eigenvalue weighted by Gasteiger charge is 2.06. The van der Waals surface area contributed by atoms with Gasteiger partial charge in [-0.05, 0) is 12.5 Å². The lowest BCUT2D eigenvalue weighted by Crippen LogP contribution is -1.91. The van der Waals surface area contributed by atoms with Gasteiger partial charge in [0.2, 0.25) is 0 Å². The lowest BCUT2D eigenvalue weighted by atomic mass is 10.1. The summed E-state index contributed by atoms with van der Waals surface area (Å²) < 4.78 is 0. The zero-order valence-corrected chi connectivity index (χ0v) is 9.77. The van der Waals surface area contributed by atoms with E-state index in [1.54, 1.807) is 11.3 Å².